The molecule has 0 amide bonds. The Kier molecular flexibility index (Phi) is 3.50. The molecule has 116 valence electrons. The molecule has 1 saturated heterocycles. The highest BCUT2D eigenvalue weighted by Gasteiger charge is 2.43. The normalized spacial score (nSPS) is 30.2. The molecule has 1 aromatic heterocycles. The van der Waals surface area contributed by atoms with Gasteiger partial charge in [0, 0.05) is 25.3 Å². The van der Waals surface area contributed by atoms with E-state index in [-0.39, 0.29) is 17.9 Å². The van der Waals surface area contributed by atoms with Crippen molar-refractivity contribution in [3.05, 3.63) is 27.0 Å². The zero-order valence-electron chi connectivity index (χ0n) is 11.4. The van der Waals surface area contributed by atoms with E-state index in [1.54, 1.807) is 0 Å². The monoisotopic (exact) mass is 314 g/mol. The van der Waals surface area contributed by atoms with Crippen molar-refractivity contribution in [1.82, 2.24) is 14.3 Å². The lowest BCUT2D eigenvalue weighted by Crippen LogP contribution is -2.39. The van der Waals surface area contributed by atoms with Crippen LogP contribution in [0.3, 0.4) is 0 Å². The van der Waals surface area contributed by atoms with E-state index in [2.05, 4.69) is 4.98 Å². The first kappa shape index (κ1) is 14.5. The van der Waals surface area contributed by atoms with Crippen LogP contribution in [0.4, 0.5) is 0 Å². The van der Waals surface area contributed by atoms with E-state index in [0.29, 0.717) is 13.1 Å². The van der Waals surface area contributed by atoms with Gasteiger partial charge >= 0.3 is 5.69 Å². The minimum Gasteiger partial charge on any atom is -0.327 e. The molecular weight excluding hydrogens is 296 g/mol. The van der Waals surface area contributed by atoms with Crippen molar-refractivity contribution < 1.29 is 8.42 Å². The largest absolute Gasteiger partial charge is 0.327 e. The van der Waals surface area contributed by atoms with E-state index in [1.165, 1.54) is 4.31 Å². The van der Waals surface area contributed by atoms with Gasteiger partial charge in [0.25, 0.3) is 5.56 Å². The second kappa shape index (κ2) is 5.08. The summed E-state index contributed by atoms with van der Waals surface area (Å²) in [4.78, 5) is 26.4. The van der Waals surface area contributed by atoms with Gasteiger partial charge in [0.1, 0.15) is 0 Å². The molecule has 4 N–H and O–H groups in total. The molecule has 3 atom stereocenters. The molecule has 3 unspecified atom stereocenters. The van der Waals surface area contributed by atoms with Gasteiger partial charge in [0.2, 0.25) is 10.0 Å². The summed E-state index contributed by atoms with van der Waals surface area (Å²) in [6.45, 7) is 0.728. The van der Waals surface area contributed by atoms with Gasteiger partial charge in [-0.25, -0.2) is 13.2 Å². The molecule has 1 aliphatic heterocycles. The third-order valence-electron chi connectivity index (χ3n) is 4.52. The lowest BCUT2D eigenvalue weighted by atomic mass is 9.78. The molecule has 9 heteroatoms. The summed E-state index contributed by atoms with van der Waals surface area (Å²) >= 11 is 0. The van der Waals surface area contributed by atoms with Crippen LogP contribution in [0.15, 0.2) is 20.7 Å². The van der Waals surface area contributed by atoms with Gasteiger partial charge < -0.3 is 10.7 Å². The van der Waals surface area contributed by atoms with Crippen molar-refractivity contribution in [3.8, 4) is 0 Å². The maximum atomic E-state index is 12.6. The van der Waals surface area contributed by atoms with Crippen LogP contribution in [0.2, 0.25) is 0 Å². The summed E-state index contributed by atoms with van der Waals surface area (Å²) in [6, 6.07) is 0.0119. The summed E-state index contributed by atoms with van der Waals surface area (Å²) < 4.78 is 26.4. The fourth-order valence-corrected chi connectivity index (χ4v) is 4.93. The Bertz CT molecular complexity index is 753. The third-order valence-corrected chi connectivity index (χ3v) is 6.36. The molecule has 0 radical (unpaired) electrons. The van der Waals surface area contributed by atoms with E-state index < -0.39 is 26.2 Å². The standard InChI is InChI=1S/C12H18N4O4S/c13-9-3-1-2-7-5-16(6-8(7)9)21(19,20)10-4-14-12(18)15-11(10)17/h4,7-9H,1-3,5-6,13H2,(H2,14,15,17,18). The van der Waals surface area contributed by atoms with Crippen molar-refractivity contribution in [1.29, 1.82) is 0 Å². The van der Waals surface area contributed by atoms with Crippen LogP contribution in [0.1, 0.15) is 19.3 Å². The van der Waals surface area contributed by atoms with Crippen molar-refractivity contribution in [2.45, 2.75) is 30.2 Å². The number of nitrogens with two attached hydrogens (primary N) is 1. The molecule has 21 heavy (non-hydrogen) atoms. The first-order valence-corrected chi connectivity index (χ1v) is 8.41. The maximum absolute atomic E-state index is 12.6. The van der Waals surface area contributed by atoms with E-state index in [0.717, 1.165) is 25.5 Å². The minimum atomic E-state index is -3.90. The molecule has 0 bridgehead atoms. The third kappa shape index (κ3) is 2.45. The predicted octanol–water partition coefficient (Wildman–Crippen LogP) is -1.19. The number of nitrogens with one attached hydrogen (secondary N) is 2. The smallest absolute Gasteiger partial charge is 0.325 e. The zero-order chi connectivity index (χ0) is 15.2. The fraction of sp³-hybridized carbons (Fsp3) is 0.667. The van der Waals surface area contributed by atoms with Crippen molar-refractivity contribution in [2.75, 3.05) is 13.1 Å². The average molecular weight is 314 g/mol. The Balaban J connectivity index is 1.93. The molecule has 0 aromatic carbocycles. The second-order valence-corrected chi connectivity index (χ2v) is 7.68. The molecule has 0 spiro atoms. The number of aromatic amines is 2. The SMILES string of the molecule is NC1CCCC2CN(S(=O)(=O)c3c[nH]c(=O)[nH]c3=O)CC12. The predicted molar refractivity (Wildman–Crippen MR) is 75.2 cm³/mol. The van der Waals surface area contributed by atoms with Gasteiger partial charge in [-0.1, -0.05) is 6.42 Å². The van der Waals surface area contributed by atoms with Gasteiger partial charge in [0.05, 0.1) is 0 Å². The van der Waals surface area contributed by atoms with Crippen LogP contribution in [-0.4, -0.2) is 41.8 Å². The summed E-state index contributed by atoms with van der Waals surface area (Å²) in [6.07, 6.45) is 3.84. The van der Waals surface area contributed by atoms with E-state index in [1.807, 2.05) is 4.98 Å². The fourth-order valence-electron chi connectivity index (χ4n) is 3.40. The molecule has 2 heterocycles. The molecule has 2 aliphatic rings. The highest BCUT2D eigenvalue weighted by Crippen LogP contribution is 2.37. The van der Waals surface area contributed by atoms with Gasteiger partial charge in [-0.3, -0.25) is 9.78 Å². The Morgan fingerprint density at radius 3 is 2.67 bits per heavy atom. The van der Waals surface area contributed by atoms with Crippen LogP contribution < -0.4 is 17.0 Å². The van der Waals surface area contributed by atoms with Crippen molar-refractivity contribution in [2.24, 2.45) is 17.6 Å². The Hall–Kier alpha value is -1.45. The number of H-pyrrole nitrogens is 2. The number of nitrogens with zero attached hydrogens (tertiary/aromatic N) is 1. The van der Waals surface area contributed by atoms with E-state index in [9.17, 15) is 18.0 Å². The lowest BCUT2D eigenvalue weighted by molar-refractivity contribution is 0.260. The first-order valence-electron chi connectivity index (χ1n) is 6.97. The highest BCUT2D eigenvalue weighted by molar-refractivity contribution is 7.89. The topological polar surface area (TPSA) is 129 Å². The Morgan fingerprint density at radius 2 is 2.00 bits per heavy atom. The second-order valence-electron chi connectivity index (χ2n) is 5.78. The molecule has 2 fully saturated rings. The van der Waals surface area contributed by atoms with Crippen LogP contribution in [-0.2, 0) is 10.0 Å². The Morgan fingerprint density at radius 1 is 1.24 bits per heavy atom. The molecule has 3 rings (SSSR count). The molecule has 1 aliphatic carbocycles. The van der Waals surface area contributed by atoms with E-state index in [4.69, 9.17) is 5.73 Å². The number of hydrogen-bond acceptors (Lipinski definition) is 5. The number of hydrogen-bond donors (Lipinski definition) is 3. The van der Waals surface area contributed by atoms with Gasteiger partial charge in [-0.15, -0.1) is 0 Å². The molecule has 1 aromatic rings. The summed E-state index contributed by atoms with van der Waals surface area (Å²) in [5.41, 5.74) is 4.46. The van der Waals surface area contributed by atoms with Crippen LogP contribution in [0, 0.1) is 11.8 Å². The number of sulfonamides is 1. The quantitative estimate of drug-likeness (QED) is 0.632. The van der Waals surface area contributed by atoms with Crippen molar-refractivity contribution >= 4 is 10.0 Å². The maximum Gasteiger partial charge on any atom is 0.325 e. The molecule has 8 nitrogen and oxygen atoms in total. The van der Waals surface area contributed by atoms with Gasteiger partial charge in [0.15, 0.2) is 4.90 Å². The van der Waals surface area contributed by atoms with Crippen molar-refractivity contribution in [3.63, 3.8) is 0 Å². The summed E-state index contributed by atoms with van der Waals surface area (Å²) in [5, 5.41) is 0. The summed E-state index contributed by atoms with van der Waals surface area (Å²) in [5.74, 6) is 0.403. The zero-order valence-corrected chi connectivity index (χ0v) is 12.2. The minimum absolute atomic E-state index is 0.0119. The summed E-state index contributed by atoms with van der Waals surface area (Å²) in [7, 11) is -3.90. The highest BCUT2D eigenvalue weighted by atomic mass is 32.2. The number of rotatable bonds is 2. The first-order chi connectivity index (χ1) is 9.89. The van der Waals surface area contributed by atoms with E-state index >= 15 is 0 Å². The van der Waals surface area contributed by atoms with Crippen LogP contribution in [0.5, 0.6) is 0 Å². The average Bonchev–Trinajstić information content (AvgIpc) is 2.84. The number of aromatic nitrogens is 2. The number of fused-ring (bicyclic) bond motifs is 1. The molecular formula is C12H18N4O4S. The van der Waals surface area contributed by atoms with Crippen LogP contribution in [0.25, 0.3) is 0 Å². The Labute approximate surface area is 121 Å². The van der Waals surface area contributed by atoms with Gasteiger partial charge in [-0.05, 0) is 24.7 Å². The van der Waals surface area contributed by atoms with Crippen LogP contribution >= 0.6 is 0 Å². The van der Waals surface area contributed by atoms with Gasteiger partial charge in [-0.2, -0.15) is 4.31 Å². The molecule has 1 saturated carbocycles. The lowest BCUT2D eigenvalue weighted by Gasteiger charge is -2.29.